The Morgan fingerprint density at radius 1 is 0.857 bits per heavy atom. The molecule has 2 rings (SSSR count). The number of amides is 1. The molecule has 1 unspecified atom stereocenters. The van der Waals surface area contributed by atoms with E-state index in [1.807, 2.05) is 6.92 Å². The fourth-order valence-corrected chi connectivity index (χ4v) is 2.85. The molecule has 0 heterocycles. The van der Waals surface area contributed by atoms with Crippen molar-refractivity contribution in [1.82, 2.24) is 0 Å². The number of benzene rings is 2. The first kappa shape index (κ1) is 21.2. The van der Waals surface area contributed by atoms with E-state index in [9.17, 15) is 14.4 Å². The van der Waals surface area contributed by atoms with Gasteiger partial charge in [0.05, 0.1) is 30.3 Å². The first-order valence-electron chi connectivity index (χ1n) is 9.35. The Morgan fingerprint density at radius 3 is 2.04 bits per heavy atom. The number of carbonyl (C=O) groups is 3. The molecule has 148 valence electrons. The molecule has 0 aliphatic carbocycles. The second-order valence-electron chi connectivity index (χ2n) is 6.06. The Bertz CT molecular complexity index is 829. The van der Waals surface area contributed by atoms with E-state index in [0.717, 1.165) is 5.56 Å². The van der Waals surface area contributed by atoms with Gasteiger partial charge in [-0.3, -0.25) is 9.59 Å². The summed E-state index contributed by atoms with van der Waals surface area (Å²) in [7, 11) is 0. The second kappa shape index (κ2) is 10.3. The Labute approximate surface area is 164 Å². The van der Waals surface area contributed by atoms with E-state index in [2.05, 4.69) is 5.32 Å². The van der Waals surface area contributed by atoms with Crippen molar-refractivity contribution in [1.29, 1.82) is 0 Å². The molecule has 2 aromatic carbocycles. The summed E-state index contributed by atoms with van der Waals surface area (Å²) in [5.41, 5.74) is 1.84. The number of nitrogens with one attached hydrogen (secondary N) is 1. The van der Waals surface area contributed by atoms with E-state index in [0.29, 0.717) is 18.7 Å². The monoisotopic (exact) mass is 383 g/mol. The molecule has 0 spiro atoms. The smallest absolute Gasteiger partial charge is 0.338 e. The largest absolute Gasteiger partial charge is 0.466 e. The van der Waals surface area contributed by atoms with Crippen molar-refractivity contribution in [3.05, 3.63) is 65.2 Å². The van der Waals surface area contributed by atoms with Crippen LogP contribution in [0.3, 0.4) is 0 Å². The van der Waals surface area contributed by atoms with Gasteiger partial charge in [0.1, 0.15) is 0 Å². The molecule has 0 saturated carbocycles. The summed E-state index contributed by atoms with van der Waals surface area (Å²) in [6.45, 7) is 5.97. The van der Waals surface area contributed by atoms with Gasteiger partial charge < -0.3 is 14.8 Å². The molecule has 2 aromatic rings. The van der Waals surface area contributed by atoms with Gasteiger partial charge in [-0.2, -0.15) is 0 Å². The van der Waals surface area contributed by atoms with Gasteiger partial charge in [-0.15, -0.1) is 0 Å². The third kappa shape index (κ3) is 5.19. The van der Waals surface area contributed by atoms with Gasteiger partial charge in [0, 0.05) is 5.69 Å². The summed E-state index contributed by atoms with van der Waals surface area (Å²) in [6, 6.07) is 13.5. The minimum Gasteiger partial charge on any atom is -0.466 e. The van der Waals surface area contributed by atoms with Gasteiger partial charge in [0.25, 0.3) is 5.91 Å². The van der Waals surface area contributed by atoms with Gasteiger partial charge >= 0.3 is 11.9 Å². The highest BCUT2D eigenvalue weighted by molar-refractivity contribution is 6.11. The van der Waals surface area contributed by atoms with E-state index in [1.54, 1.807) is 62.4 Å². The lowest BCUT2D eigenvalue weighted by Gasteiger charge is -2.15. The highest BCUT2D eigenvalue weighted by Crippen LogP contribution is 2.23. The van der Waals surface area contributed by atoms with E-state index < -0.39 is 11.9 Å². The zero-order valence-corrected chi connectivity index (χ0v) is 16.4. The molecule has 28 heavy (non-hydrogen) atoms. The maximum Gasteiger partial charge on any atom is 0.338 e. The van der Waals surface area contributed by atoms with Gasteiger partial charge in [-0.05, 0) is 50.1 Å². The van der Waals surface area contributed by atoms with Gasteiger partial charge in [-0.25, -0.2) is 4.79 Å². The fraction of sp³-hybridized carbons (Fsp3) is 0.318. The number of hydrogen-bond donors (Lipinski definition) is 1. The Balaban J connectivity index is 2.16. The van der Waals surface area contributed by atoms with Gasteiger partial charge in [-0.1, -0.05) is 31.2 Å². The van der Waals surface area contributed by atoms with Crippen molar-refractivity contribution in [2.75, 3.05) is 18.5 Å². The second-order valence-corrected chi connectivity index (χ2v) is 6.06. The Kier molecular flexibility index (Phi) is 7.75. The van der Waals surface area contributed by atoms with Crippen LogP contribution in [0.1, 0.15) is 59.4 Å². The van der Waals surface area contributed by atoms with Crippen molar-refractivity contribution >= 4 is 23.5 Å². The quantitative estimate of drug-likeness (QED) is 0.692. The van der Waals surface area contributed by atoms with Crippen molar-refractivity contribution in [2.45, 2.75) is 33.1 Å². The minimum absolute atomic E-state index is 0.215. The number of carbonyl (C=O) groups excluding carboxylic acids is 3. The molecule has 6 nitrogen and oxygen atoms in total. The van der Waals surface area contributed by atoms with Gasteiger partial charge in [0.2, 0.25) is 0 Å². The number of anilines is 1. The van der Waals surface area contributed by atoms with E-state index in [-0.39, 0.29) is 29.6 Å². The van der Waals surface area contributed by atoms with Crippen LogP contribution in [-0.2, 0) is 14.3 Å². The summed E-state index contributed by atoms with van der Waals surface area (Å²) in [5.74, 6) is -1.54. The number of rotatable bonds is 8. The maximum absolute atomic E-state index is 12.6. The summed E-state index contributed by atoms with van der Waals surface area (Å²) in [4.78, 5) is 36.7. The minimum atomic E-state index is -0.538. The molecule has 0 bridgehead atoms. The molecular weight excluding hydrogens is 358 g/mol. The van der Waals surface area contributed by atoms with Crippen molar-refractivity contribution < 1.29 is 23.9 Å². The number of esters is 2. The van der Waals surface area contributed by atoms with Crippen LogP contribution in [0, 0.1) is 0 Å². The lowest BCUT2D eigenvalue weighted by molar-refractivity contribution is -0.145. The fourth-order valence-electron chi connectivity index (χ4n) is 2.85. The molecule has 1 amide bonds. The first-order chi connectivity index (χ1) is 13.5. The first-order valence-corrected chi connectivity index (χ1v) is 9.35. The predicted octanol–water partition coefficient (Wildman–Crippen LogP) is 4.17. The predicted molar refractivity (Wildman–Crippen MR) is 106 cm³/mol. The third-order valence-corrected chi connectivity index (χ3v) is 4.22. The molecule has 6 heteroatoms. The summed E-state index contributed by atoms with van der Waals surface area (Å²) in [5, 5.41) is 2.77. The zero-order valence-electron chi connectivity index (χ0n) is 16.4. The average molecular weight is 383 g/mol. The summed E-state index contributed by atoms with van der Waals surface area (Å²) >= 11 is 0. The zero-order chi connectivity index (χ0) is 20.5. The van der Waals surface area contributed by atoms with Crippen LogP contribution >= 0.6 is 0 Å². The summed E-state index contributed by atoms with van der Waals surface area (Å²) in [6.07, 6.45) is 0.622. The molecule has 1 N–H and O–H groups in total. The van der Waals surface area contributed by atoms with Crippen LogP contribution in [0.15, 0.2) is 48.5 Å². The van der Waals surface area contributed by atoms with Crippen LogP contribution in [0.25, 0.3) is 0 Å². The van der Waals surface area contributed by atoms with E-state index >= 15 is 0 Å². The molecule has 0 radical (unpaired) electrons. The average Bonchev–Trinajstić information content (AvgIpc) is 2.70. The van der Waals surface area contributed by atoms with Crippen LogP contribution in [-0.4, -0.2) is 31.1 Å². The van der Waals surface area contributed by atoms with Crippen LogP contribution in [0.4, 0.5) is 5.69 Å². The van der Waals surface area contributed by atoms with Crippen LogP contribution in [0.2, 0.25) is 0 Å². The molecule has 0 fully saturated rings. The Hall–Kier alpha value is -3.15. The number of ether oxygens (including phenoxy) is 2. The highest BCUT2D eigenvalue weighted by atomic mass is 16.5. The van der Waals surface area contributed by atoms with Gasteiger partial charge in [0.15, 0.2) is 0 Å². The summed E-state index contributed by atoms with van der Waals surface area (Å²) < 4.78 is 10.1. The molecule has 0 aliphatic heterocycles. The molecule has 1 atom stereocenters. The topological polar surface area (TPSA) is 81.7 Å². The van der Waals surface area contributed by atoms with Crippen molar-refractivity contribution in [3.63, 3.8) is 0 Å². The highest BCUT2D eigenvalue weighted by Gasteiger charge is 2.20. The van der Waals surface area contributed by atoms with Crippen LogP contribution in [0.5, 0.6) is 0 Å². The van der Waals surface area contributed by atoms with Crippen LogP contribution < -0.4 is 5.32 Å². The lowest BCUT2D eigenvalue weighted by Crippen LogP contribution is -2.18. The van der Waals surface area contributed by atoms with Crippen molar-refractivity contribution in [2.24, 2.45) is 0 Å². The molecule has 0 aromatic heterocycles. The third-order valence-electron chi connectivity index (χ3n) is 4.22. The van der Waals surface area contributed by atoms with E-state index in [4.69, 9.17) is 9.47 Å². The number of hydrogen-bond acceptors (Lipinski definition) is 5. The normalized spacial score (nSPS) is 11.4. The lowest BCUT2D eigenvalue weighted by atomic mass is 9.96. The SMILES string of the molecule is CCOC(=O)c1ccccc1C(=O)Nc1ccc(C(CC)C(=O)OCC)cc1. The van der Waals surface area contributed by atoms with E-state index in [1.165, 1.54) is 0 Å². The standard InChI is InChI=1S/C22H25NO5/c1-4-17(21(25)27-5-2)15-11-13-16(14-12-15)23-20(24)18-9-7-8-10-19(18)22(26)28-6-3/h7-14,17H,4-6H2,1-3H3,(H,23,24). The Morgan fingerprint density at radius 2 is 1.46 bits per heavy atom. The molecule has 0 aliphatic rings. The maximum atomic E-state index is 12.6. The molecular formula is C22H25NO5. The van der Waals surface area contributed by atoms with Crippen molar-refractivity contribution in [3.8, 4) is 0 Å². The molecule has 0 saturated heterocycles.